The van der Waals surface area contributed by atoms with Crippen LogP contribution in [0.3, 0.4) is 0 Å². The largest absolute Gasteiger partial charge is 0.416 e. The quantitative estimate of drug-likeness (QED) is 0.494. The van der Waals surface area contributed by atoms with Crippen molar-refractivity contribution in [2.45, 2.75) is 28.8 Å². The predicted octanol–water partition coefficient (Wildman–Crippen LogP) is 4.53. The molecule has 7 rings (SSSR count). The van der Waals surface area contributed by atoms with Crippen LogP contribution in [0, 0.1) is 29.6 Å². The van der Waals surface area contributed by atoms with E-state index in [0.29, 0.717) is 6.42 Å². The number of carbonyl (C=O) groups is 2. The number of H-pyrrole nitrogens is 1. The smallest absolute Gasteiger partial charge is 0.307 e. The summed E-state index contributed by atoms with van der Waals surface area (Å²) in [5, 5.41) is 0.813. The number of halogens is 3. The summed E-state index contributed by atoms with van der Waals surface area (Å²) in [7, 11) is 0. The van der Waals surface area contributed by atoms with Crippen LogP contribution in [0.15, 0.2) is 58.6 Å². The number of aromatic nitrogens is 2. The van der Waals surface area contributed by atoms with Crippen molar-refractivity contribution in [1.82, 2.24) is 9.97 Å². The first-order chi connectivity index (χ1) is 17.2. The van der Waals surface area contributed by atoms with Crippen molar-refractivity contribution in [2.75, 3.05) is 4.90 Å². The number of thioether (sulfide) groups is 1. The van der Waals surface area contributed by atoms with Crippen molar-refractivity contribution in [3.05, 3.63) is 74.5 Å². The molecule has 0 spiro atoms. The summed E-state index contributed by atoms with van der Waals surface area (Å²) in [6, 6.07) is 8.24. The summed E-state index contributed by atoms with van der Waals surface area (Å²) in [4.78, 5) is 48.5. The van der Waals surface area contributed by atoms with E-state index in [9.17, 15) is 27.6 Å². The van der Waals surface area contributed by atoms with Crippen molar-refractivity contribution in [1.29, 1.82) is 0 Å². The Balaban J connectivity index is 1.30. The summed E-state index contributed by atoms with van der Waals surface area (Å²) < 4.78 is 40.0. The number of aromatic amines is 1. The molecule has 4 heterocycles. The second kappa shape index (κ2) is 7.55. The second-order valence-electron chi connectivity index (χ2n) is 9.81. The standard InChI is InChI=1S/C25H18F3N3O3S2/c26-25(27,28)11-4-1-5-12(7-11)31-22(32)17-13-8-14(18(17)23(31)33)19-16(13)15(10-3-2-6-29-9-10)20-21(35-19)30-24(34)36-20/h1-7,9,13-19H,8H2,(H,30,34)/t13-,14-,15?,16?,17?,18?,19?/m1/s1. The normalized spacial score (nSPS) is 32.5. The lowest BCUT2D eigenvalue weighted by Gasteiger charge is -2.42. The van der Waals surface area contributed by atoms with E-state index in [1.165, 1.54) is 23.5 Å². The predicted molar refractivity (Wildman–Crippen MR) is 127 cm³/mol. The van der Waals surface area contributed by atoms with E-state index in [2.05, 4.69) is 9.97 Å². The lowest BCUT2D eigenvalue weighted by atomic mass is 9.68. The molecular formula is C25H18F3N3O3S2. The second-order valence-corrected chi connectivity index (χ2v) is 12.0. The topological polar surface area (TPSA) is 83.1 Å². The highest BCUT2D eigenvalue weighted by atomic mass is 32.2. The Morgan fingerprint density at radius 3 is 2.53 bits per heavy atom. The van der Waals surface area contributed by atoms with E-state index in [1.807, 2.05) is 12.1 Å². The Bertz CT molecular complexity index is 1470. The molecule has 6 nitrogen and oxygen atoms in total. The van der Waals surface area contributed by atoms with Gasteiger partial charge in [-0.1, -0.05) is 23.5 Å². The Hall–Kier alpha value is -2.92. The van der Waals surface area contributed by atoms with Crippen LogP contribution in [0.25, 0.3) is 0 Å². The Morgan fingerprint density at radius 2 is 1.81 bits per heavy atom. The number of nitrogens with zero attached hydrogens (tertiary/aromatic N) is 2. The molecule has 184 valence electrons. The van der Waals surface area contributed by atoms with Gasteiger partial charge in [-0.3, -0.25) is 24.3 Å². The fourth-order valence-electron chi connectivity index (χ4n) is 7.03. The minimum atomic E-state index is -4.58. The van der Waals surface area contributed by atoms with Crippen LogP contribution in [-0.2, 0) is 15.8 Å². The molecule has 1 N–H and O–H groups in total. The molecule has 2 aliphatic heterocycles. The first kappa shape index (κ1) is 22.3. The minimum absolute atomic E-state index is 0.0115. The summed E-state index contributed by atoms with van der Waals surface area (Å²) >= 11 is 2.74. The number of pyridine rings is 1. The van der Waals surface area contributed by atoms with Crippen LogP contribution in [0.4, 0.5) is 18.9 Å². The monoisotopic (exact) mass is 529 g/mol. The molecule has 5 unspecified atom stereocenters. The van der Waals surface area contributed by atoms with Gasteiger partial charge in [0.2, 0.25) is 11.8 Å². The van der Waals surface area contributed by atoms with E-state index in [0.717, 1.165) is 32.5 Å². The Kier molecular flexibility index (Phi) is 4.67. The van der Waals surface area contributed by atoms with Crippen molar-refractivity contribution in [2.24, 2.45) is 29.6 Å². The zero-order valence-corrected chi connectivity index (χ0v) is 20.1. The number of amides is 2. The van der Waals surface area contributed by atoms with Crippen LogP contribution >= 0.6 is 23.1 Å². The highest BCUT2D eigenvalue weighted by Gasteiger charge is 2.69. The zero-order valence-electron chi connectivity index (χ0n) is 18.4. The summed E-state index contributed by atoms with van der Waals surface area (Å²) in [6.45, 7) is 0. The van der Waals surface area contributed by atoms with Gasteiger partial charge in [-0.05, 0) is 54.0 Å². The molecule has 7 atom stereocenters. The number of imide groups is 1. The first-order valence-electron chi connectivity index (χ1n) is 11.6. The number of hydrogen-bond acceptors (Lipinski definition) is 6. The van der Waals surface area contributed by atoms with Gasteiger partial charge < -0.3 is 4.98 Å². The molecule has 2 bridgehead atoms. The highest BCUT2D eigenvalue weighted by Crippen LogP contribution is 2.68. The van der Waals surface area contributed by atoms with Crippen LogP contribution < -0.4 is 9.77 Å². The van der Waals surface area contributed by atoms with Gasteiger partial charge in [0, 0.05) is 28.4 Å². The molecule has 36 heavy (non-hydrogen) atoms. The maximum Gasteiger partial charge on any atom is 0.416 e. The third-order valence-electron chi connectivity index (χ3n) is 8.20. The maximum atomic E-state index is 13.7. The number of fused-ring (bicyclic) bond motifs is 9. The van der Waals surface area contributed by atoms with E-state index in [-0.39, 0.29) is 39.5 Å². The van der Waals surface area contributed by atoms with E-state index < -0.39 is 35.4 Å². The van der Waals surface area contributed by atoms with Gasteiger partial charge in [0.1, 0.15) is 0 Å². The third-order valence-corrected chi connectivity index (χ3v) is 10.8. The number of benzene rings is 1. The molecule has 2 aromatic heterocycles. The van der Waals surface area contributed by atoms with Crippen molar-refractivity contribution in [3.8, 4) is 0 Å². The highest BCUT2D eigenvalue weighted by molar-refractivity contribution is 8.00. The van der Waals surface area contributed by atoms with E-state index in [4.69, 9.17) is 0 Å². The molecule has 3 aromatic rings. The third kappa shape index (κ3) is 2.98. The number of anilines is 1. The van der Waals surface area contributed by atoms with Crippen LogP contribution in [-0.4, -0.2) is 27.0 Å². The molecule has 1 saturated heterocycles. The Labute approximate surface area is 210 Å². The molecule has 2 saturated carbocycles. The minimum Gasteiger partial charge on any atom is -0.307 e. The number of nitrogens with one attached hydrogen (secondary N) is 1. The average molecular weight is 530 g/mol. The number of hydrogen-bond donors (Lipinski definition) is 1. The molecule has 4 aliphatic rings. The van der Waals surface area contributed by atoms with Crippen LogP contribution in [0.1, 0.15) is 28.3 Å². The maximum absolute atomic E-state index is 13.7. The fourth-order valence-corrected chi connectivity index (χ4v) is 9.91. The van der Waals surface area contributed by atoms with Gasteiger partial charge in [-0.25, -0.2) is 0 Å². The zero-order chi connectivity index (χ0) is 24.9. The van der Waals surface area contributed by atoms with Crippen molar-refractivity contribution >= 4 is 40.6 Å². The number of rotatable bonds is 2. The van der Waals surface area contributed by atoms with Gasteiger partial charge in [-0.2, -0.15) is 13.2 Å². The van der Waals surface area contributed by atoms with Gasteiger partial charge in [0.05, 0.1) is 28.1 Å². The molecule has 11 heteroatoms. The molecule has 2 amide bonds. The molecule has 0 radical (unpaired) electrons. The van der Waals surface area contributed by atoms with Crippen molar-refractivity contribution < 1.29 is 22.8 Å². The lowest BCUT2D eigenvalue weighted by molar-refractivity contribution is -0.137. The van der Waals surface area contributed by atoms with E-state index >= 15 is 0 Å². The number of alkyl halides is 3. The fraction of sp³-hybridized carbons (Fsp3) is 0.360. The summed E-state index contributed by atoms with van der Waals surface area (Å²) in [5.41, 5.74) is 0.0336. The SMILES string of the molecule is O=C1C2C(C(=O)N1c1cccc(C(F)(F)F)c1)[C@@H]1C[C@H]2C2Sc3[nH]c(=O)sc3C(c3cccnc3)C21. The van der Waals surface area contributed by atoms with Crippen molar-refractivity contribution in [3.63, 3.8) is 0 Å². The average Bonchev–Trinajstić information content (AvgIpc) is 3.58. The summed E-state index contributed by atoms with van der Waals surface area (Å²) in [5.74, 6) is -2.30. The molecule has 1 aromatic carbocycles. The molecule has 2 aliphatic carbocycles. The summed E-state index contributed by atoms with van der Waals surface area (Å²) in [6.07, 6.45) is -0.400. The van der Waals surface area contributed by atoms with Gasteiger partial charge in [0.15, 0.2) is 0 Å². The van der Waals surface area contributed by atoms with Gasteiger partial charge in [0.25, 0.3) is 0 Å². The van der Waals surface area contributed by atoms with E-state index in [1.54, 1.807) is 24.2 Å². The van der Waals surface area contributed by atoms with Crippen LogP contribution in [0.2, 0.25) is 0 Å². The van der Waals surface area contributed by atoms with Crippen LogP contribution in [0.5, 0.6) is 0 Å². The number of carbonyl (C=O) groups excluding carboxylic acids is 2. The van der Waals surface area contributed by atoms with Gasteiger partial charge >= 0.3 is 11.0 Å². The molecule has 3 fully saturated rings. The lowest BCUT2D eigenvalue weighted by Crippen LogP contribution is -2.42. The van der Waals surface area contributed by atoms with Gasteiger partial charge in [-0.15, -0.1) is 11.8 Å². The first-order valence-corrected chi connectivity index (χ1v) is 13.3. The number of thiazole rings is 1. The molecular weight excluding hydrogens is 511 g/mol. The Morgan fingerprint density at radius 1 is 1.03 bits per heavy atom.